The van der Waals surface area contributed by atoms with Crippen molar-refractivity contribution in [2.45, 2.75) is 0 Å². The predicted molar refractivity (Wildman–Crippen MR) is 53.8 cm³/mol. The number of benzene rings is 1. The van der Waals surface area contributed by atoms with Gasteiger partial charge in [-0.25, -0.2) is 0 Å². The molecule has 0 aliphatic carbocycles. The fourth-order valence-corrected chi connectivity index (χ4v) is 2.89. The molecule has 1 aromatic carbocycles. The van der Waals surface area contributed by atoms with Gasteiger partial charge in [-0.05, 0) is 12.1 Å². The molecule has 0 fully saturated rings. The van der Waals surface area contributed by atoms with Gasteiger partial charge in [0.2, 0.25) is 0 Å². The van der Waals surface area contributed by atoms with Crippen LogP contribution in [-0.4, -0.2) is 37.7 Å². The largest absolute Gasteiger partial charge is 2.00 e. The zero-order chi connectivity index (χ0) is 10.2. The standard InChI is InChI=1S/C6H4Cl3O3P.Ca/c7-3-1-4(8)6(5(9)2-3)13(10,11)12;/h1-2H,(H2,10,11,12);/q;+2/p-2. The van der Waals surface area contributed by atoms with Crippen molar-refractivity contribution in [3.63, 3.8) is 0 Å². The average molecular weight is 299 g/mol. The first-order valence-electron chi connectivity index (χ1n) is 2.99. The molecule has 0 radical (unpaired) electrons. The van der Waals surface area contributed by atoms with E-state index >= 15 is 0 Å². The normalized spacial score (nSPS) is 11.0. The van der Waals surface area contributed by atoms with Gasteiger partial charge in [-0.1, -0.05) is 34.8 Å². The summed E-state index contributed by atoms with van der Waals surface area (Å²) in [4.78, 5) is 31.9. The summed E-state index contributed by atoms with van der Waals surface area (Å²) in [5.41, 5.74) is 0. The van der Waals surface area contributed by atoms with Gasteiger partial charge in [0.05, 0.1) is 10.0 Å². The quantitative estimate of drug-likeness (QED) is 0.530. The predicted octanol–water partition coefficient (Wildman–Crippen LogP) is -0.265. The maximum atomic E-state index is 10.6. The zero-order valence-corrected chi connectivity index (χ0v) is 12.0. The first-order valence-corrected chi connectivity index (χ1v) is 5.67. The molecule has 8 heteroatoms. The molecule has 3 nitrogen and oxygen atoms in total. The van der Waals surface area contributed by atoms with Crippen LogP contribution in [0.5, 0.6) is 0 Å². The second kappa shape index (κ2) is 5.83. The van der Waals surface area contributed by atoms with E-state index in [1.165, 1.54) is 0 Å². The summed E-state index contributed by atoms with van der Waals surface area (Å²) in [5.74, 6) is 0. The van der Waals surface area contributed by atoms with E-state index in [1.807, 2.05) is 0 Å². The summed E-state index contributed by atoms with van der Waals surface area (Å²) < 4.78 is 0. The second-order valence-electron chi connectivity index (χ2n) is 2.22. The third-order valence-corrected chi connectivity index (χ3v) is 3.36. The Bertz CT molecular complexity index is 319. The van der Waals surface area contributed by atoms with Crippen LogP contribution in [0.2, 0.25) is 15.1 Å². The van der Waals surface area contributed by atoms with Crippen molar-refractivity contribution in [3.05, 3.63) is 27.2 Å². The maximum absolute atomic E-state index is 10.6. The molecule has 0 aliphatic heterocycles. The van der Waals surface area contributed by atoms with E-state index in [0.29, 0.717) is 0 Å². The molecule has 0 saturated heterocycles. The Kier molecular flexibility index (Phi) is 6.52. The Morgan fingerprint density at radius 1 is 0.929 bits per heavy atom. The van der Waals surface area contributed by atoms with E-state index < -0.39 is 13.2 Å². The Balaban J connectivity index is 0.00000169. The summed E-state index contributed by atoms with van der Waals surface area (Å²) in [5, 5.41) is -0.955. The fraction of sp³-hybridized carbons (Fsp3) is 0. The van der Waals surface area contributed by atoms with E-state index in [1.54, 1.807) is 0 Å². The molecule has 72 valence electrons. The molecule has 14 heavy (non-hydrogen) atoms. The summed E-state index contributed by atoms with van der Waals surface area (Å²) in [6, 6.07) is 2.29. The molecule has 0 spiro atoms. The van der Waals surface area contributed by atoms with Crippen LogP contribution in [0.4, 0.5) is 0 Å². The van der Waals surface area contributed by atoms with Crippen molar-refractivity contribution in [2.75, 3.05) is 0 Å². The summed E-state index contributed by atoms with van der Waals surface area (Å²) in [7, 11) is -4.94. The van der Waals surface area contributed by atoms with Gasteiger partial charge >= 0.3 is 37.7 Å². The average Bonchev–Trinajstić information content (AvgIpc) is 1.78. The van der Waals surface area contributed by atoms with Gasteiger partial charge in [0.15, 0.2) is 0 Å². The molecule has 1 aromatic rings. The molecule has 0 amide bonds. The number of hydrogen-bond acceptors (Lipinski definition) is 3. The first-order chi connectivity index (χ1) is 5.82. The zero-order valence-electron chi connectivity index (χ0n) is 6.67. The van der Waals surface area contributed by atoms with Gasteiger partial charge in [-0.2, -0.15) is 0 Å². The van der Waals surface area contributed by atoms with Crippen LogP contribution in [-0.2, 0) is 0 Å². The SMILES string of the molecule is [Ca+2].[O-][P+]([O-])([O-])c1c(Cl)cc(Cl)cc1Cl. The van der Waals surface area contributed by atoms with E-state index in [-0.39, 0.29) is 52.8 Å². The second-order valence-corrected chi connectivity index (χ2v) is 4.91. The van der Waals surface area contributed by atoms with Crippen LogP contribution in [0.1, 0.15) is 0 Å². The van der Waals surface area contributed by atoms with Crippen LogP contribution in [0.15, 0.2) is 12.1 Å². The van der Waals surface area contributed by atoms with Crippen molar-refractivity contribution < 1.29 is 14.7 Å². The molecule has 0 aliphatic rings. The van der Waals surface area contributed by atoms with E-state index in [0.717, 1.165) is 12.1 Å². The monoisotopic (exact) mass is 298 g/mol. The molecular formula is C6H2CaCl3O3P. The maximum Gasteiger partial charge on any atom is 2.00 e. The van der Waals surface area contributed by atoms with Gasteiger partial charge in [0.1, 0.15) is 5.30 Å². The van der Waals surface area contributed by atoms with Crippen molar-refractivity contribution in [2.24, 2.45) is 0 Å². The van der Waals surface area contributed by atoms with Crippen LogP contribution in [0.25, 0.3) is 0 Å². The third-order valence-electron chi connectivity index (χ3n) is 1.26. The Morgan fingerprint density at radius 2 is 1.29 bits per heavy atom. The van der Waals surface area contributed by atoms with Crippen molar-refractivity contribution >= 4 is 85.8 Å². The smallest absolute Gasteiger partial charge is 0.683 e. The molecular weight excluding hydrogens is 297 g/mol. The summed E-state index contributed by atoms with van der Waals surface area (Å²) >= 11 is 16.5. The molecule has 0 heterocycles. The molecule has 0 atom stereocenters. The van der Waals surface area contributed by atoms with Crippen molar-refractivity contribution in [3.8, 4) is 0 Å². The molecule has 0 bridgehead atoms. The van der Waals surface area contributed by atoms with Gasteiger partial charge in [0, 0.05) is 5.02 Å². The van der Waals surface area contributed by atoms with Gasteiger partial charge < -0.3 is 14.7 Å². The number of hydrogen-bond donors (Lipinski definition) is 0. The topological polar surface area (TPSA) is 69.2 Å². The minimum absolute atomic E-state index is 0. The minimum Gasteiger partial charge on any atom is -0.683 e. The Labute approximate surface area is 126 Å². The van der Waals surface area contributed by atoms with Gasteiger partial charge in [0.25, 0.3) is 0 Å². The first kappa shape index (κ1) is 15.7. The minimum atomic E-state index is -4.94. The van der Waals surface area contributed by atoms with Gasteiger partial charge in [-0.3, -0.25) is 0 Å². The third kappa shape index (κ3) is 3.91. The van der Waals surface area contributed by atoms with E-state index in [4.69, 9.17) is 34.8 Å². The van der Waals surface area contributed by atoms with Crippen LogP contribution < -0.4 is 20.0 Å². The molecule has 0 saturated carbocycles. The number of halogens is 3. The van der Waals surface area contributed by atoms with E-state index in [2.05, 4.69) is 0 Å². The van der Waals surface area contributed by atoms with Crippen molar-refractivity contribution in [1.29, 1.82) is 0 Å². The van der Waals surface area contributed by atoms with Crippen LogP contribution in [0.3, 0.4) is 0 Å². The van der Waals surface area contributed by atoms with Crippen LogP contribution in [0, 0.1) is 0 Å². The fourth-order valence-electron chi connectivity index (χ4n) is 0.796. The summed E-state index contributed by atoms with van der Waals surface area (Å²) in [6.45, 7) is 0. The molecule has 1 rings (SSSR count). The molecule has 0 N–H and O–H groups in total. The Hall–Kier alpha value is 1.66. The number of rotatable bonds is 1. The summed E-state index contributed by atoms with van der Waals surface area (Å²) in [6.07, 6.45) is 0. The molecule has 0 aromatic heterocycles. The van der Waals surface area contributed by atoms with E-state index in [9.17, 15) is 14.7 Å². The van der Waals surface area contributed by atoms with Crippen LogP contribution >= 0.6 is 42.7 Å². The Morgan fingerprint density at radius 3 is 1.57 bits per heavy atom. The molecule has 0 unspecified atom stereocenters. The van der Waals surface area contributed by atoms with Crippen molar-refractivity contribution in [1.82, 2.24) is 0 Å². The van der Waals surface area contributed by atoms with Gasteiger partial charge in [-0.15, -0.1) is 7.94 Å².